The van der Waals surface area contributed by atoms with Crippen molar-refractivity contribution in [2.75, 3.05) is 7.05 Å². The van der Waals surface area contributed by atoms with Gasteiger partial charge in [0.25, 0.3) is 5.91 Å². The van der Waals surface area contributed by atoms with Crippen LogP contribution in [0.5, 0.6) is 0 Å². The number of fused-ring (bicyclic) bond motifs is 1. The number of rotatable bonds is 3. The van der Waals surface area contributed by atoms with E-state index in [1.54, 1.807) is 6.92 Å². The van der Waals surface area contributed by atoms with Crippen LogP contribution in [0, 0.1) is 13.8 Å². The number of carboxylic acid groups (broad SMARTS) is 1. The van der Waals surface area contributed by atoms with Gasteiger partial charge in [-0.3, -0.25) is 4.79 Å². The Bertz CT molecular complexity index is 727. The Morgan fingerprint density at radius 2 is 1.86 bits per heavy atom. The van der Waals surface area contributed by atoms with E-state index in [4.69, 9.17) is 4.42 Å². The molecule has 0 saturated heterocycles. The van der Waals surface area contributed by atoms with E-state index < -0.39 is 17.4 Å². The maximum Gasteiger partial charge on any atom is 0.329 e. The van der Waals surface area contributed by atoms with Gasteiger partial charge < -0.3 is 14.4 Å². The molecule has 0 aliphatic carbocycles. The van der Waals surface area contributed by atoms with Crippen LogP contribution >= 0.6 is 0 Å². The highest BCUT2D eigenvalue weighted by atomic mass is 16.4. The summed E-state index contributed by atoms with van der Waals surface area (Å²) >= 11 is 0. The number of hydrogen-bond donors (Lipinski definition) is 1. The van der Waals surface area contributed by atoms with Crippen molar-refractivity contribution in [3.05, 3.63) is 35.1 Å². The zero-order valence-corrected chi connectivity index (χ0v) is 12.9. The topological polar surface area (TPSA) is 70.8 Å². The molecule has 112 valence electrons. The van der Waals surface area contributed by atoms with Gasteiger partial charge >= 0.3 is 5.97 Å². The van der Waals surface area contributed by atoms with E-state index in [9.17, 15) is 14.7 Å². The monoisotopic (exact) mass is 289 g/mol. The Morgan fingerprint density at radius 1 is 1.24 bits per heavy atom. The van der Waals surface area contributed by atoms with Crippen LogP contribution in [0.4, 0.5) is 0 Å². The van der Waals surface area contributed by atoms with E-state index in [-0.39, 0.29) is 5.76 Å². The number of aryl methyl sites for hydroxylation is 2. The highest BCUT2D eigenvalue weighted by Gasteiger charge is 2.37. The summed E-state index contributed by atoms with van der Waals surface area (Å²) in [5.74, 6) is -1.31. The Morgan fingerprint density at radius 3 is 2.38 bits per heavy atom. The normalized spacial score (nSPS) is 11.7. The average molecular weight is 289 g/mol. The number of para-hydroxylation sites is 1. The Kier molecular flexibility index (Phi) is 3.53. The lowest BCUT2D eigenvalue weighted by molar-refractivity contribution is -0.147. The van der Waals surface area contributed by atoms with E-state index >= 15 is 0 Å². The molecule has 2 aromatic rings. The van der Waals surface area contributed by atoms with Crippen molar-refractivity contribution in [2.45, 2.75) is 33.2 Å². The van der Waals surface area contributed by atoms with Gasteiger partial charge in [0.05, 0.1) is 0 Å². The number of carbonyl (C=O) groups excluding carboxylic acids is 1. The first-order valence-electron chi connectivity index (χ1n) is 6.68. The summed E-state index contributed by atoms with van der Waals surface area (Å²) in [4.78, 5) is 25.0. The molecule has 0 spiro atoms. The van der Waals surface area contributed by atoms with Gasteiger partial charge in [-0.1, -0.05) is 18.2 Å². The molecule has 0 unspecified atom stereocenters. The van der Waals surface area contributed by atoms with Crippen molar-refractivity contribution in [1.82, 2.24) is 4.90 Å². The van der Waals surface area contributed by atoms with Crippen molar-refractivity contribution >= 4 is 22.8 Å². The third-order valence-electron chi connectivity index (χ3n) is 4.02. The van der Waals surface area contributed by atoms with E-state index in [1.165, 1.54) is 25.8 Å². The Hall–Kier alpha value is -2.30. The van der Waals surface area contributed by atoms with Crippen LogP contribution in [0.15, 0.2) is 22.6 Å². The molecule has 0 bridgehead atoms. The Labute approximate surface area is 123 Å². The summed E-state index contributed by atoms with van der Waals surface area (Å²) in [6.45, 7) is 6.68. The number of aliphatic carboxylic acids is 1. The van der Waals surface area contributed by atoms with E-state index in [0.717, 1.165) is 16.5 Å². The third-order valence-corrected chi connectivity index (χ3v) is 4.02. The summed E-state index contributed by atoms with van der Waals surface area (Å²) in [6.07, 6.45) is 0. The number of furan rings is 1. The van der Waals surface area contributed by atoms with Crippen LogP contribution in [-0.2, 0) is 4.79 Å². The first-order valence-corrected chi connectivity index (χ1v) is 6.68. The quantitative estimate of drug-likeness (QED) is 0.943. The molecular formula is C16H19NO4. The fourth-order valence-corrected chi connectivity index (χ4v) is 2.14. The highest BCUT2D eigenvalue weighted by molar-refractivity contribution is 6.01. The van der Waals surface area contributed by atoms with Crippen LogP contribution in [0.1, 0.15) is 35.5 Å². The second-order valence-electron chi connectivity index (χ2n) is 5.74. The molecule has 0 fully saturated rings. The summed E-state index contributed by atoms with van der Waals surface area (Å²) in [7, 11) is 1.47. The minimum atomic E-state index is -1.31. The maximum absolute atomic E-state index is 12.6. The summed E-state index contributed by atoms with van der Waals surface area (Å²) in [5, 5.41) is 10.1. The van der Waals surface area contributed by atoms with E-state index in [1.807, 2.05) is 25.1 Å². The highest BCUT2D eigenvalue weighted by Crippen LogP contribution is 2.29. The van der Waals surface area contributed by atoms with Crippen LogP contribution < -0.4 is 0 Å². The zero-order valence-electron chi connectivity index (χ0n) is 12.9. The first-order chi connectivity index (χ1) is 9.67. The van der Waals surface area contributed by atoms with Crippen LogP contribution in [0.2, 0.25) is 0 Å². The number of hydrogen-bond acceptors (Lipinski definition) is 3. The number of amides is 1. The average Bonchev–Trinajstić information content (AvgIpc) is 2.76. The maximum atomic E-state index is 12.6. The molecule has 21 heavy (non-hydrogen) atoms. The molecule has 2 rings (SSSR count). The standard InChI is InChI=1S/C16H19NO4/c1-9-7-6-8-11-10(2)13(21-12(9)11)14(18)17(5)16(3,4)15(19)20/h6-8H,1-5H3,(H,19,20). The number of carboxylic acids is 1. The smallest absolute Gasteiger partial charge is 0.329 e. The summed E-state index contributed by atoms with van der Waals surface area (Å²) < 4.78 is 5.70. The van der Waals surface area contributed by atoms with Crippen LogP contribution in [0.25, 0.3) is 11.0 Å². The van der Waals surface area contributed by atoms with Crippen LogP contribution in [-0.4, -0.2) is 34.5 Å². The second-order valence-corrected chi connectivity index (χ2v) is 5.74. The molecule has 0 aliphatic heterocycles. The van der Waals surface area contributed by atoms with Crippen LogP contribution in [0.3, 0.4) is 0 Å². The van der Waals surface area contributed by atoms with Crippen molar-refractivity contribution in [1.29, 1.82) is 0 Å². The summed E-state index contributed by atoms with van der Waals surface area (Å²) in [6, 6.07) is 5.70. The Balaban J connectivity index is 2.52. The first kappa shape index (κ1) is 15.1. The summed E-state index contributed by atoms with van der Waals surface area (Å²) in [5.41, 5.74) is 1.03. The predicted octanol–water partition coefficient (Wildman–Crippen LogP) is 2.98. The number of likely N-dealkylation sites (N-methyl/N-ethyl adjacent to an activating group) is 1. The molecule has 1 aromatic heterocycles. The fourth-order valence-electron chi connectivity index (χ4n) is 2.14. The van der Waals surface area contributed by atoms with Crippen molar-refractivity contribution in [3.8, 4) is 0 Å². The number of benzene rings is 1. The second kappa shape index (κ2) is 4.91. The molecule has 0 radical (unpaired) electrons. The molecule has 0 saturated carbocycles. The zero-order chi connectivity index (χ0) is 15.9. The van der Waals surface area contributed by atoms with Crippen molar-refractivity contribution in [2.24, 2.45) is 0 Å². The molecule has 0 atom stereocenters. The van der Waals surface area contributed by atoms with Gasteiger partial charge in [-0.05, 0) is 33.3 Å². The van der Waals surface area contributed by atoms with Crippen molar-refractivity contribution in [3.63, 3.8) is 0 Å². The van der Waals surface area contributed by atoms with E-state index in [2.05, 4.69) is 0 Å². The predicted molar refractivity (Wildman–Crippen MR) is 79.5 cm³/mol. The lowest BCUT2D eigenvalue weighted by Crippen LogP contribution is -2.50. The molecule has 1 amide bonds. The van der Waals surface area contributed by atoms with Gasteiger partial charge in [0.2, 0.25) is 0 Å². The van der Waals surface area contributed by atoms with Gasteiger partial charge in [0.1, 0.15) is 11.1 Å². The van der Waals surface area contributed by atoms with Gasteiger partial charge in [-0.2, -0.15) is 0 Å². The van der Waals surface area contributed by atoms with Gasteiger partial charge in [-0.15, -0.1) is 0 Å². The lowest BCUT2D eigenvalue weighted by Gasteiger charge is -2.30. The largest absolute Gasteiger partial charge is 0.480 e. The van der Waals surface area contributed by atoms with Gasteiger partial charge in [0, 0.05) is 18.0 Å². The number of carbonyl (C=O) groups is 2. The van der Waals surface area contributed by atoms with Gasteiger partial charge in [-0.25, -0.2) is 4.79 Å². The van der Waals surface area contributed by atoms with Gasteiger partial charge in [0.15, 0.2) is 5.76 Å². The minimum absolute atomic E-state index is 0.191. The molecule has 1 N–H and O–H groups in total. The SMILES string of the molecule is Cc1c(C(=O)N(C)C(C)(C)C(=O)O)oc2c(C)cccc12. The molecular weight excluding hydrogens is 270 g/mol. The minimum Gasteiger partial charge on any atom is -0.480 e. The molecule has 5 heteroatoms. The molecule has 5 nitrogen and oxygen atoms in total. The lowest BCUT2D eigenvalue weighted by atomic mass is 10.0. The number of nitrogens with zero attached hydrogens (tertiary/aromatic N) is 1. The molecule has 0 aliphatic rings. The molecule has 1 aromatic carbocycles. The third kappa shape index (κ3) is 2.28. The van der Waals surface area contributed by atoms with E-state index in [0.29, 0.717) is 5.58 Å². The van der Waals surface area contributed by atoms with Crippen molar-refractivity contribution < 1.29 is 19.1 Å². The fraction of sp³-hybridized carbons (Fsp3) is 0.375. The molecule has 1 heterocycles.